The van der Waals surface area contributed by atoms with Gasteiger partial charge in [-0.1, -0.05) is 20.3 Å². The highest BCUT2D eigenvalue weighted by Crippen LogP contribution is 2.14. The second-order valence-electron chi connectivity index (χ2n) is 6.19. The van der Waals surface area contributed by atoms with E-state index in [2.05, 4.69) is 5.32 Å². The van der Waals surface area contributed by atoms with Gasteiger partial charge in [-0.05, 0) is 30.7 Å². The molecule has 144 valence electrons. The van der Waals surface area contributed by atoms with Gasteiger partial charge in [-0.25, -0.2) is 0 Å². The van der Waals surface area contributed by atoms with E-state index in [0.29, 0.717) is 18.5 Å². The molecule has 0 saturated carbocycles. The number of carbonyl (C=O) groups is 3. The van der Waals surface area contributed by atoms with Crippen molar-refractivity contribution in [2.24, 2.45) is 0 Å². The average molecular weight is 363 g/mol. The molecule has 3 amide bonds. The molecular formula is C19H29N3O4. The van der Waals surface area contributed by atoms with E-state index in [1.807, 2.05) is 6.92 Å². The highest BCUT2D eigenvalue weighted by Gasteiger charge is 2.18. The number of phenolic OH excluding ortho intramolecular Hbond substituents is 1. The Morgan fingerprint density at radius 3 is 2.27 bits per heavy atom. The zero-order valence-corrected chi connectivity index (χ0v) is 15.8. The van der Waals surface area contributed by atoms with E-state index >= 15 is 0 Å². The Balaban J connectivity index is 2.62. The summed E-state index contributed by atoms with van der Waals surface area (Å²) in [5, 5.41) is 12.0. The lowest BCUT2D eigenvalue weighted by molar-refractivity contribution is -0.138. The SMILES string of the molecule is CCCCC(=O)N(CCC(=O)Nc1ccc(O)cc1)CN(C)C(=O)CC. The molecule has 0 heterocycles. The van der Waals surface area contributed by atoms with Gasteiger partial charge in [0, 0.05) is 38.5 Å². The number of carbonyl (C=O) groups excluding carboxylic acids is 3. The number of hydrogen-bond acceptors (Lipinski definition) is 4. The van der Waals surface area contributed by atoms with E-state index in [1.54, 1.807) is 31.0 Å². The standard InChI is InChI=1S/C19H29N3O4/c1-4-6-7-19(26)22(14-21(3)18(25)5-2)13-12-17(24)20-15-8-10-16(23)11-9-15/h8-11,23H,4-7,12-14H2,1-3H3,(H,20,24). The highest BCUT2D eigenvalue weighted by atomic mass is 16.3. The van der Waals surface area contributed by atoms with Crippen molar-refractivity contribution in [2.75, 3.05) is 25.6 Å². The van der Waals surface area contributed by atoms with Crippen molar-refractivity contribution >= 4 is 23.4 Å². The number of hydrogen-bond donors (Lipinski definition) is 2. The van der Waals surface area contributed by atoms with Crippen LogP contribution in [0.1, 0.15) is 46.0 Å². The van der Waals surface area contributed by atoms with Gasteiger partial charge < -0.3 is 20.2 Å². The van der Waals surface area contributed by atoms with Crippen molar-refractivity contribution in [1.29, 1.82) is 0 Å². The second-order valence-corrected chi connectivity index (χ2v) is 6.19. The maximum atomic E-state index is 12.4. The molecule has 2 N–H and O–H groups in total. The summed E-state index contributed by atoms with van der Waals surface area (Å²) in [6.07, 6.45) is 2.59. The molecule has 1 rings (SSSR count). The number of unbranched alkanes of at least 4 members (excludes halogenated alkanes) is 1. The minimum Gasteiger partial charge on any atom is -0.508 e. The first-order valence-corrected chi connectivity index (χ1v) is 8.98. The van der Waals surface area contributed by atoms with Crippen molar-refractivity contribution in [3.8, 4) is 5.75 Å². The summed E-state index contributed by atoms with van der Waals surface area (Å²) in [4.78, 5) is 39.3. The number of anilines is 1. The molecule has 0 aliphatic rings. The average Bonchev–Trinajstić information content (AvgIpc) is 2.63. The van der Waals surface area contributed by atoms with E-state index in [4.69, 9.17) is 0 Å². The molecule has 0 radical (unpaired) electrons. The van der Waals surface area contributed by atoms with Crippen molar-refractivity contribution in [3.05, 3.63) is 24.3 Å². The Morgan fingerprint density at radius 1 is 1.04 bits per heavy atom. The fourth-order valence-electron chi connectivity index (χ4n) is 2.37. The monoisotopic (exact) mass is 363 g/mol. The number of nitrogens with zero attached hydrogens (tertiary/aromatic N) is 2. The molecule has 1 aromatic carbocycles. The lowest BCUT2D eigenvalue weighted by atomic mass is 10.2. The third-order valence-corrected chi connectivity index (χ3v) is 3.97. The quantitative estimate of drug-likeness (QED) is 0.494. The predicted octanol–water partition coefficient (Wildman–Crippen LogP) is 2.57. The molecule has 1 aromatic rings. The van der Waals surface area contributed by atoms with Crippen molar-refractivity contribution in [1.82, 2.24) is 9.80 Å². The van der Waals surface area contributed by atoms with Crippen LogP contribution in [0.2, 0.25) is 0 Å². The molecule has 0 aliphatic carbocycles. The number of amides is 3. The summed E-state index contributed by atoms with van der Waals surface area (Å²) in [6, 6.07) is 6.18. The molecule has 0 bridgehead atoms. The second kappa shape index (κ2) is 11.1. The molecule has 0 fully saturated rings. The van der Waals surface area contributed by atoms with Crippen LogP contribution >= 0.6 is 0 Å². The van der Waals surface area contributed by atoms with Gasteiger partial charge >= 0.3 is 0 Å². The van der Waals surface area contributed by atoms with Crippen LogP contribution in [-0.4, -0.2) is 52.9 Å². The molecular weight excluding hydrogens is 334 g/mol. The van der Waals surface area contributed by atoms with Gasteiger partial charge in [-0.3, -0.25) is 14.4 Å². The lowest BCUT2D eigenvalue weighted by Crippen LogP contribution is -2.43. The van der Waals surface area contributed by atoms with E-state index < -0.39 is 0 Å². The molecule has 0 aliphatic heterocycles. The summed E-state index contributed by atoms with van der Waals surface area (Å²) < 4.78 is 0. The van der Waals surface area contributed by atoms with Crippen LogP contribution < -0.4 is 5.32 Å². The summed E-state index contributed by atoms with van der Waals surface area (Å²) in [5.74, 6) is -0.209. The first-order valence-electron chi connectivity index (χ1n) is 8.98. The highest BCUT2D eigenvalue weighted by molar-refractivity contribution is 5.91. The van der Waals surface area contributed by atoms with Crippen LogP contribution in [0.3, 0.4) is 0 Å². The van der Waals surface area contributed by atoms with E-state index in [9.17, 15) is 19.5 Å². The van der Waals surface area contributed by atoms with Gasteiger partial charge in [0.15, 0.2) is 0 Å². The normalized spacial score (nSPS) is 10.3. The van der Waals surface area contributed by atoms with Gasteiger partial charge in [0.1, 0.15) is 5.75 Å². The van der Waals surface area contributed by atoms with Crippen LogP contribution in [0.5, 0.6) is 5.75 Å². The van der Waals surface area contributed by atoms with Gasteiger partial charge in [-0.2, -0.15) is 0 Å². The van der Waals surface area contributed by atoms with Crippen LogP contribution in [0.4, 0.5) is 5.69 Å². The third-order valence-electron chi connectivity index (χ3n) is 3.97. The molecule has 0 aromatic heterocycles. The number of aromatic hydroxyl groups is 1. The first kappa shape index (κ1) is 21.5. The van der Waals surface area contributed by atoms with Crippen molar-refractivity contribution < 1.29 is 19.5 Å². The maximum absolute atomic E-state index is 12.4. The summed E-state index contributed by atoms with van der Waals surface area (Å²) in [5.41, 5.74) is 0.579. The van der Waals surface area contributed by atoms with E-state index in [1.165, 1.54) is 17.0 Å². The zero-order valence-electron chi connectivity index (χ0n) is 15.8. The van der Waals surface area contributed by atoms with Crippen LogP contribution in [0, 0.1) is 0 Å². The number of nitrogens with one attached hydrogen (secondary N) is 1. The number of rotatable bonds is 10. The summed E-state index contributed by atoms with van der Waals surface area (Å²) in [7, 11) is 1.66. The number of benzene rings is 1. The summed E-state index contributed by atoms with van der Waals surface area (Å²) >= 11 is 0. The smallest absolute Gasteiger partial charge is 0.226 e. The van der Waals surface area contributed by atoms with Crippen LogP contribution in [0.25, 0.3) is 0 Å². The molecule has 7 nitrogen and oxygen atoms in total. The Morgan fingerprint density at radius 2 is 1.69 bits per heavy atom. The third kappa shape index (κ3) is 7.55. The molecule has 7 heteroatoms. The minimum atomic E-state index is -0.228. The van der Waals surface area contributed by atoms with Crippen LogP contribution in [0.15, 0.2) is 24.3 Å². The van der Waals surface area contributed by atoms with Crippen molar-refractivity contribution in [3.63, 3.8) is 0 Å². The van der Waals surface area contributed by atoms with Gasteiger partial charge in [-0.15, -0.1) is 0 Å². The Kier molecular flexibility index (Phi) is 9.19. The number of phenols is 1. The fraction of sp³-hybridized carbons (Fsp3) is 0.526. The molecule has 0 spiro atoms. The van der Waals surface area contributed by atoms with E-state index in [-0.39, 0.29) is 43.1 Å². The molecule has 0 atom stereocenters. The van der Waals surface area contributed by atoms with Gasteiger partial charge in [0.05, 0.1) is 6.67 Å². The Hall–Kier alpha value is -2.57. The largest absolute Gasteiger partial charge is 0.508 e. The maximum Gasteiger partial charge on any atom is 0.226 e. The Labute approximate surface area is 155 Å². The van der Waals surface area contributed by atoms with E-state index in [0.717, 1.165) is 12.8 Å². The first-order chi connectivity index (χ1) is 12.4. The Bertz CT molecular complexity index is 601. The van der Waals surface area contributed by atoms with Crippen molar-refractivity contribution in [2.45, 2.75) is 46.0 Å². The predicted molar refractivity (Wildman–Crippen MR) is 101 cm³/mol. The van der Waals surface area contributed by atoms with Crippen LogP contribution in [-0.2, 0) is 14.4 Å². The van der Waals surface area contributed by atoms with Gasteiger partial charge in [0.2, 0.25) is 17.7 Å². The minimum absolute atomic E-state index is 0.0492. The zero-order chi connectivity index (χ0) is 19.5. The fourth-order valence-corrected chi connectivity index (χ4v) is 2.37. The molecule has 26 heavy (non-hydrogen) atoms. The molecule has 0 saturated heterocycles. The van der Waals surface area contributed by atoms with Gasteiger partial charge in [0.25, 0.3) is 0 Å². The summed E-state index contributed by atoms with van der Waals surface area (Å²) in [6.45, 7) is 4.21. The molecule has 0 unspecified atom stereocenters. The lowest BCUT2D eigenvalue weighted by Gasteiger charge is -2.28. The topological polar surface area (TPSA) is 89.9 Å².